The summed E-state index contributed by atoms with van der Waals surface area (Å²) >= 11 is 7.91. The molecule has 3 aromatic rings. The van der Waals surface area contributed by atoms with Gasteiger partial charge in [0, 0.05) is 44.3 Å². The third-order valence-corrected chi connectivity index (χ3v) is 6.62. The van der Waals surface area contributed by atoms with E-state index in [-0.39, 0.29) is 11.8 Å². The third kappa shape index (κ3) is 5.99. The summed E-state index contributed by atoms with van der Waals surface area (Å²) in [5.74, 6) is 0.587. The fourth-order valence-electron chi connectivity index (χ4n) is 3.59. The zero-order valence-electron chi connectivity index (χ0n) is 20.2. The van der Waals surface area contributed by atoms with Crippen molar-refractivity contribution in [3.05, 3.63) is 81.6 Å². The van der Waals surface area contributed by atoms with Crippen molar-refractivity contribution in [3.63, 3.8) is 0 Å². The number of carbonyl (C=O) groups is 1. The number of rotatable bonds is 9. The number of hydrogen-bond acceptors (Lipinski definition) is 5. The van der Waals surface area contributed by atoms with Gasteiger partial charge in [-0.25, -0.2) is 4.98 Å². The molecule has 0 radical (unpaired) electrons. The number of amides is 1. The van der Waals surface area contributed by atoms with Crippen LogP contribution in [0.3, 0.4) is 0 Å². The number of para-hydroxylation sites is 1. The number of thioether (sulfide) groups is 1. The summed E-state index contributed by atoms with van der Waals surface area (Å²) in [6, 6.07) is 9.88. The predicted molar refractivity (Wildman–Crippen MR) is 143 cm³/mol. The van der Waals surface area contributed by atoms with Crippen molar-refractivity contribution in [2.75, 3.05) is 0 Å². The summed E-state index contributed by atoms with van der Waals surface area (Å²) in [5.41, 5.74) is 5.45. The number of benzene rings is 1. The highest BCUT2D eigenvalue weighted by molar-refractivity contribution is 8.11. The first kappa shape index (κ1) is 25.8. The predicted octanol–water partition coefficient (Wildman–Crippen LogP) is 6.90. The fraction of sp³-hybridized carbons (Fsp3) is 0.296. The number of aromatic nitrogens is 2. The number of ether oxygens (including phenoxy) is 1. The van der Waals surface area contributed by atoms with Crippen LogP contribution in [-0.2, 0) is 17.9 Å². The maximum Gasteiger partial charge on any atom is 0.222 e. The summed E-state index contributed by atoms with van der Waals surface area (Å²) in [6.07, 6.45) is 1.75. The zero-order chi connectivity index (χ0) is 24.8. The smallest absolute Gasteiger partial charge is 0.222 e. The van der Waals surface area contributed by atoms with E-state index in [4.69, 9.17) is 21.3 Å². The third-order valence-electron chi connectivity index (χ3n) is 5.39. The van der Waals surface area contributed by atoms with Crippen LogP contribution in [0.25, 0.3) is 15.8 Å². The van der Waals surface area contributed by atoms with Gasteiger partial charge < -0.3 is 10.1 Å². The second kappa shape index (κ2) is 11.5. The number of carbonyl (C=O) groups excluding carboxylic acids is 1. The zero-order valence-corrected chi connectivity index (χ0v) is 21.8. The Morgan fingerprint density at radius 1 is 1.29 bits per heavy atom. The highest BCUT2D eigenvalue weighted by atomic mass is 35.5. The lowest BCUT2D eigenvalue weighted by Gasteiger charge is -2.16. The molecule has 2 aromatic heterocycles. The van der Waals surface area contributed by atoms with Crippen molar-refractivity contribution >= 4 is 45.1 Å². The van der Waals surface area contributed by atoms with Crippen LogP contribution >= 0.6 is 23.4 Å². The minimum Gasteiger partial charge on any atom is -0.487 e. The van der Waals surface area contributed by atoms with E-state index in [0.29, 0.717) is 23.9 Å². The van der Waals surface area contributed by atoms with Crippen LogP contribution in [0.5, 0.6) is 5.75 Å². The number of hydrogen-bond donors (Lipinski definition) is 1. The standard InChI is InChI=1S/C27H30ClN3O2S/c1-7-34-26(19(6)28)21-13-18(5)31-25-20(21)9-8-10-24(25)33-15-22-17(4)11-12-29-23(22)14-30-27(32)16(2)3/h7-13,16H,1,14-15H2,2-6H3,(H,30,32)/b26-19+. The highest BCUT2D eigenvalue weighted by Gasteiger charge is 2.16. The van der Waals surface area contributed by atoms with Gasteiger partial charge in [0.05, 0.1) is 12.2 Å². The summed E-state index contributed by atoms with van der Waals surface area (Å²) < 4.78 is 6.30. The van der Waals surface area contributed by atoms with Gasteiger partial charge in [0.2, 0.25) is 5.91 Å². The van der Waals surface area contributed by atoms with E-state index >= 15 is 0 Å². The summed E-state index contributed by atoms with van der Waals surface area (Å²) in [7, 11) is 0. The Morgan fingerprint density at radius 3 is 2.74 bits per heavy atom. The monoisotopic (exact) mass is 495 g/mol. The Balaban J connectivity index is 1.97. The number of pyridine rings is 2. The van der Waals surface area contributed by atoms with Crippen LogP contribution in [-0.4, -0.2) is 15.9 Å². The number of allylic oxidation sites excluding steroid dienone is 1. The molecule has 3 rings (SSSR count). The lowest BCUT2D eigenvalue weighted by molar-refractivity contribution is -0.124. The number of nitrogens with one attached hydrogen (secondary N) is 1. The largest absolute Gasteiger partial charge is 0.487 e. The van der Waals surface area contributed by atoms with E-state index in [9.17, 15) is 4.79 Å². The van der Waals surface area contributed by atoms with Crippen molar-refractivity contribution in [1.29, 1.82) is 0 Å². The van der Waals surface area contributed by atoms with Crippen molar-refractivity contribution in [2.45, 2.75) is 47.8 Å². The van der Waals surface area contributed by atoms with Crippen LogP contribution < -0.4 is 10.1 Å². The van der Waals surface area contributed by atoms with E-state index in [1.165, 1.54) is 11.8 Å². The molecule has 1 amide bonds. The molecule has 0 spiro atoms. The van der Waals surface area contributed by atoms with Crippen molar-refractivity contribution < 1.29 is 9.53 Å². The summed E-state index contributed by atoms with van der Waals surface area (Å²) in [4.78, 5) is 22.3. The first-order valence-corrected chi connectivity index (χ1v) is 12.4. The van der Waals surface area contributed by atoms with Gasteiger partial charge in [0.1, 0.15) is 17.9 Å². The number of aryl methyl sites for hydroxylation is 2. The van der Waals surface area contributed by atoms with Gasteiger partial charge in [0.25, 0.3) is 0 Å². The Hall–Kier alpha value is -2.83. The lowest BCUT2D eigenvalue weighted by Crippen LogP contribution is -2.28. The Morgan fingerprint density at radius 2 is 2.06 bits per heavy atom. The van der Waals surface area contributed by atoms with Crippen molar-refractivity contribution in [2.24, 2.45) is 5.92 Å². The topological polar surface area (TPSA) is 64.1 Å². The molecule has 0 saturated carbocycles. The van der Waals surface area contributed by atoms with Gasteiger partial charge in [-0.1, -0.05) is 55.9 Å². The quantitative estimate of drug-likeness (QED) is 0.349. The van der Waals surface area contributed by atoms with Gasteiger partial charge in [-0.15, -0.1) is 0 Å². The maximum atomic E-state index is 12.1. The molecule has 1 aromatic carbocycles. The first-order chi connectivity index (χ1) is 16.2. The molecule has 0 aliphatic carbocycles. The molecule has 0 unspecified atom stereocenters. The average molecular weight is 496 g/mol. The van der Waals surface area contributed by atoms with Gasteiger partial charge >= 0.3 is 0 Å². The fourth-order valence-corrected chi connectivity index (χ4v) is 4.45. The van der Waals surface area contributed by atoms with E-state index < -0.39 is 0 Å². The molecule has 178 valence electrons. The minimum absolute atomic E-state index is 0.00716. The Bertz CT molecular complexity index is 1250. The van der Waals surface area contributed by atoms with E-state index in [1.807, 2.05) is 65.0 Å². The molecule has 0 aliphatic rings. The molecular weight excluding hydrogens is 466 g/mol. The van der Waals surface area contributed by atoms with Gasteiger partial charge in [-0.2, -0.15) is 0 Å². The Labute approximate surface area is 210 Å². The molecule has 34 heavy (non-hydrogen) atoms. The van der Waals surface area contributed by atoms with E-state index in [2.05, 4.69) is 16.9 Å². The molecular formula is C27H30ClN3O2S. The average Bonchev–Trinajstić information content (AvgIpc) is 2.79. The van der Waals surface area contributed by atoms with Crippen LogP contribution in [0.1, 0.15) is 48.8 Å². The number of halogens is 1. The molecule has 0 fully saturated rings. The SMILES string of the molecule is C=CS/C(=C(\C)Cl)c1cc(C)nc2c(OCc3c(C)ccnc3CNC(=O)C(C)C)cccc12. The number of nitrogens with zero attached hydrogens (tertiary/aromatic N) is 2. The molecule has 0 saturated heterocycles. The van der Waals surface area contributed by atoms with Gasteiger partial charge in [-0.3, -0.25) is 9.78 Å². The molecule has 5 nitrogen and oxygen atoms in total. The van der Waals surface area contributed by atoms with Crippen LogP contribution in [0.4, 0.5) is 0 Å². The first-order valence-electron chi connectivity index (χ1n) is 11.1. The van der Waals surface area contributed by atoms with Gasteiger partial charge in [0.15, 0.2) is 0 Å². The molecule has 0 atom stereocenters. The van der Waals surface area contributed by atoms with Crippen LogP contribution in [0, 0.1) is 19.8 Å². The van der Waals surface area contributed by atoms with Gasteiger partial charge in [-0.05, 0) is 49.9 Å². The normalized spacial score (nSPS) is 12.0. The molecule has 1 N–H and O–H groups in total. The molecule has 2 heterocycles. The van der Waals surface area contributed by atoms with E-state index in [1.54, 1.807) is 11.6 Å². The molecule has 0 aliphatic heterocycles. The second-order valence-electron chi connectivity index (χ2n) is 8.32. The molecule has 7 heteroatoms. The highest BCUT2D eigenvalue weighted by Crippen LogP contribution is 2.39. The number of fused-ring (bicyclic) bond motifs is 1. The van der Waals surface area contributed by atoms with Crippen LogP contribution in [0.2, 0.25) is 0 Å². The van der Waals surface area contributed by atoms with Crippen molar-refractivity contribution in [1.82, 2.24) is 15.3 Å². The van der Waals surface area contributed by atoms with Crippen LogP contribution in [0.15, 0.2) is 53.5 Å². The lowest BCUT2D eigenvalue weighted by atomic mass is 10.1. The van der Waals surface area contributed by atoms with Crippen molar-refractivity contribution in [3.8, 4) is 5.75 Å². The summed E-state index contributed by atoms with van der Waals surface area (Å²) in [6.45, 7) is 14.1. The maximum absolute atomic E-state index is 12.1. The summed E-state index contributed by atoms with van der Waals surface area (Å²) in [5, 5.41) is 6.37. The Kier molecular flexibility index (Phi) is 8.75. The molecule has 0 bridgehead atoms. The second-order valence-corrected chi connectivity index (χ2v) is 9.87. The van der Waals surface area contributed by atoms with E-state index in [0.717, 1.165) is 43.9 Å². The minimum atomic E-state index is -0.0847.